The van der Waals surface area contributed by atoms with Crippen LogP contribution in [-0.4, -0.2) is 6.54 Å². The molecule has 6 heavy (non-hydrogen) atoms. The van der Waals surface area contributed by atoms with E-state index >= 15 is 0 Å². The zero-order chi connectivity index (χ0) is 4.83. The third-order valence-corrected chi connectivity index (χ3v) is 0.866. The number of rotatable bonds is 3. The Kier molecular flexibility index (Phi) is 5.58. The van der Waals surface area contributed by atoms with Crippen LogP contribution in [0.2, 0.25) is 0 Å². The average Bonchev–Trinajstić information content (AvgIpc) is 1.61. The van der Waals surface area contributed by atoms with E-state index in [1.165, 1.54) is 12.8 Å². The van der Waals surface area contributed by atoms with Crippen LogP contribution in [-0.2, 0) is 0 Å². The first-order valence-corrected chi connectivity index (χ1v) is 2.73. The third-order valence-electron chi connectivity index (χ3n) is 0.642. The van der Waals surface area contributed by atoms with Gasteiger partial charge in [-0.3, -0.25) is 4.72 Å². The van der Waals surface area contributed by atoms with Gasteiger partial charge in [0.15, 0.2) is 0 Å². The van der Waals surface area contributed by atoms with E-state index in [0.29, 0.717) is 0 Å². The standard InChI is InChI=1S/C4H11NS/c1-2-3-4-5-6/h5-6H,2-4H2,1H3. The lowest BCUT2D eigenvalue weighted by atomic mass is 10.3. The summed E-state index contributed by atoms with van der Waals surface area (Å²) >= 11 is 3.80. The number of hydrogen-bond donors (Lipinski definition) is 2. The van der Waals surface area contributed by atoms with E-state index in [4.69, 9.17) is 0 Å². The molecule has 0 aromatic heterocycles. The quantitative estimate of drug-likeness (QED) is 0.406. The lowest BCUT2D eigenvalue weighted by Gasteiger charge is -1.88. The van der Waals surface area contributed by atoms with Crippen LogP contribution in [0.4, 0.5) is 0 Å². The maximum atomic E-state index is 3.80. The smallest absolute Gasteiger partial charge is 0.00560 e. The molecule has 38 valence electrons. The summed E-state index contributed by atoms with van der Waals surface area (Å²) in [5.74, 6) is 0. The first-order valence-electron chi connectivity index (χ1n) is 2.28. The molecule has 0 saturated carbocycles. The van der Waals surface area contributed by atoms with Crippen LogP contribution < -0.4 is 4.72 Å². The van der Waals surface area contributed by atoms with Gasteiger partial charge in [-0.25, -0.2) is 0 Å². The second-order valence-electron chi connectivity index (χ2n) is 1.26. The Morgan fingerprint density at radius 2 is 2.33 bits per heavy atom. The van der Waals surface area contributed by atoms with E-state index in [-0.39, 0.29) is 0 Å². The molecule has 0 aliphatic heterocycles. The molecule has 0 unspecified atom stereocenters. The van der Waals surface area contributed by atoms with Gasteiger partial charge in [0.25, 0.3) is 0 Å². The maximum Gasteiger partial charge on any atom is 0.00560 e. The number of nitrogens with one attached hydrogen (secondary N) is 1. The van der Waals surface area contributed by atoms with Crippen molar-refractivity contribution in [2.45, 2.75) is 19.8 Å². The molecule has 0 heterocycles. The molecule has 0 radical (unpaired) electrons. The van der Waals surface area contributed by atoms with Crippen molar-refractivity contribution in [2.24, 2.45) is 0 Å². The molecule has 0 aromatic carbocycles. The number of hydrogen-bond acceptors (Lipinski definition) is 2. The topological polar surface area (TPSA) is 12.0 Å². The highest BCUT2D eigenvalue weighted by Gasteiger charge is 1.74. The van der Waals surface area contributed by atoms with Crippen molar-refractivity contribution in [3.63, 3.8) is 0 Å². The molecular weight excluding hydrogens is 94.1 g/mol. The predicted octanol–water partition coefficient (Wildman–Crippen LogP) is 1.22. The summed E-state index contributed by atoms with van der Waals surface area (Å²) in [7, 11) is 0. The van der Waals surface area contributed by atoms with E-state index in [1.807, 2.05) is 0 Å². The number of thiol groups is 1. The van der Waals surface area contributed by atoms with Crippen molar-refractivity contribution in [3.8, 4) is 0 Å². The molecule has 0 rings (SSSR count). The zero-order valence-corrected chi connectivity index (χ0v) is 4.96. The zero-order valence-electron chi connectivity index (χ0n) is 4.07. The summed E-state index contributed by atoms with van der Waals surface area (Å²) in [5, 5.41) is 0. The Hall–Kier alpha value is 0.310. The Balaban J connectivity index is 2.34. The minimum atomic E-state index is 1.03. The van der Waals surface area contributed by atoms with E-state index in [2.05, 4.69) is 24.5 Å². The molecule has 1 nitrogen and oxygen atoms in total. The second-order valence-corrected chi connectivity index (χ2v) is 1.58. The van der Waals surface area contributed by atoms with Crippen LogP contribution in [0.3, 0.4) is 0 Å². The van der Waals surface area contributed by atoms with Crippen LogP contribution in [0.5, 0.6) is 0 Å². The molecule has 0 spiro atoms. The Morgan fingerprint density at radius 1 is 1.67 bits per heavy atom. The van der Waals surface area contributed by atoms with Gasteiger partial charge in [-0.2, -0.15) is 0 Å². The molecule has 0 aliphatic rings. The first kappa shape index (κ1) is 6.31. The van der Waals surface area contributed by atoms with Gasteiger partial charge < -0.3 is 0 Å². The fourth-order valence-electron chi connectivity index (χ4n) is 0.256. The van der Waals surface area contributed by atoms with E-state index in [9.17, 15) is 0 Å². The summed E-state index contributed by atoms with van der Waals surface area (Å²) in [5.41, 5.74) is 0. The molecule has 0 amide bonds. The first-order chi connectivity index (χ1) is 2.91. The molecule has 1 N–H and O–H groups in total. The Morgan fingerprint density at radius 3 is 2.50 bits per heavy atom. The third kappa shape index (κ3) is 4.31. The van der Waals surface area contributed by atoms with Gasteiger partial charge in [0.2, 0.25) is 0 Å². The highest BCUT2D eigenvalue weighted by Crippen LogP contribution is 1.81. The highest BCUT2D eigenvalue weighted by molar-refractivity contribution is 7.78. The summed E-state index contributed by atoms with van der Waals surface area (Å²) in [4.78, 5) is 0. The van der Waals surface area contributed by atoms with Crippen molar-refractivity contribution in [1.29, 1.82) is 0 Å². The van der Waals surface area contributed by atoms with Crippen molar-refractivity contribution in [2.75, 3.05) is 6.54 Å². The fraction of sp³-hybridized carbons (Fsp3) is 1.00. The van der Waals surface area contributed by atoms with Crippen LogP contribution >= 0.6 is 12.8 Å². The van der Waals surface area contributed by atoms with Crippen LogP contribution in [0, 0.1) is 0 Å². The van der Waals surface area contributed by atoms with Gasteiger partial charge in [-0.15, -0.1) is 0 Å². The van der Waals surface area contributed by atoms with Gasteiger partial charge in [0.05, 0.1) is 0 Å². The Labute approximate surface area is 44.7 Å². The molecule has 2 heteroatoms. The summed E-state index contributed by atoms with van der Waals surface area (Å²) in [6, 6.07) is 0. The monoisotopic (exact) mass is 105 g/mol. The maximum absolute atomic E-state index is 3.80. The van der Waals surface area contributed by atoms with Crippen molar-refractivity contribution in [1.82, 2.24) is 4.72 Å². The minimum absolute atomic E-state index is 1.03. The Bertz CT molecular complexity index is 19.5. The van der Waals surface area contributed by atoms with E-state index in [0.717, 1.165) is 6.54 Å². The van der Waals surface area contributed by atoms with Crippen LogP contribution in [0.25, 0.3) is 0 Å². The van der Waals surface area contributed by atoms with Crippen molar-refractivity contribution < 1.29 is 0 Å². The van der Waals surface area contributed by atoms with Gasteiger partial charge in [-0.05, 0) is 6.42 Å². The normalized spacial score (nSPS) is 9.00. The second kappa shape index (κ2) is 5.31. The average molecular weight is 105 g/mol. The van der Waals surface area contributed by atoms with Gasteiger partial charge in [0, 0.05) is 6.54 Å². The fourth-order valence-corrected chi connectivity index (χ4v) is 0.414. The van der Waals surface area contributed by atoms with Gasteiger partial charge in [-0.1, -0.05) is 26.2 Å². The van der Waals surface area contributed by atoms with Crippen molar-refractivity contribution >= 4 is 12.8 Å². The van der Waals surface area contributed by atoms with E-state index in [1.54, 1.807) is 0 Å². The van der Waals surface area contributed by atoms with Crippen LogP contribution in [0.1, 0.15) is 19.8 Å². The predicted molar refractivity (Wildman–Crippen MR) is 31.9 cm³/mol. The summed E-state index contributed by atoms with van der Waals surface area (Å²) < 4.78 is 2.76. The van der Waals surface area contributed by atoms with E-state index < -0.39 is 0 Å². The van der Waals surface area contributed by atoms with Gasteiger partial charge in [0.1, 0.15) is 0 Å². The van der Waals surface area contributed by atoms with Crippen molar-refractivity contribution in [3.05, 3.63) is 0 Å². The SMILES string of the molecule is CCCCNS. The molecule has 0 saturated heterocycles. The molecular formula is C4H11NS. The molecule has 0 bridgehead atoms. The molecule has 0 atom stereocenters. The minimum Gasteiger partial charge on any atom is -0.267 e. The number of unbranched alkanes of at least 4 members (excludes halogenated alkanes) is 1. The largest absolute Gasteiger partial charge is 0.267 e. The summed E-state index contributed by atoms with van der Waals surface area (Å²) in [6.07, 6.45) is 2.47. The highest BCUT2D eigenvalue weighted by atomic mass is 32.1. The van der Waals surface area contributed by atoms with Gasteiger partial charge >= 0.3 is 0 Å². The molecule has 0 fully saturated rings. The molecule has 0 aliphatic carbocycles. The summed E-state index contributed by atoms with van der Waals surface area (Å²) in [6.45, 7) is 3.19. The van der Waals surface area contributed by atoms with Crippen LogP contribution in [0.15, 0.2) is 0 Å². The molecule has 0 aromatic rings. The lowest BCUT2D eigenvalue weighted by Crippen LogP contribution is -1.98. The lowest BCUT2D eigenvalue weighted by molar-refractivity contribution is 0.779.